The average molecular weight is 421 g/mol. The molecule has 30 heavy (non-hydrogen) atoms. The van der Waals surface area contributed by atoms with Crippen LogP contribution in [0.15, 0.2) is 18.2 Å². The Morgan fingerprint density at radius 3 is 2.50 bits per heavy atom. The van der Waals surface area contributed by atoms with Crippen LogP contribution in [0, 0.1) is 23.5 Å². The van der Waals surface area contributed by atoms with E-state index in [1.165, 1.54) is 12.1 Å². The van der Waals surface area contributed by atoms with Gasteiger partial charge in [-0.05, 0) is 62.5 Å². The topological polar surface area (TPSA) is 49.9 Å². The molecule has 0 bridgehead atoms. The van der Waals surface area contributed by atoms with E-state index in [9.17, 15) is 18.4 Å². The summed E-state index contributed by atoms with van der Waals surface area (Å²) >= 11 is 0. The van der Waals surface area contributed by atoms with Crippen LogP contribution in [0.25, 0.3) is 0 Å². The van der Waals surface area contributed by atoms with Crippen LogP contribution < -0.4 is 0 Å². The highest BCUT2D eigenvalue weighted by molar-refractivity contribution is 5.81. The van der Waals surface area contributed by atoms with Crippen LogP contribution in [0.3, 0.4) is 0 Å². The van der Waals surface area contributed by atoms with Crippen LogP contribution in [-0.2, 0) is 20.7 Å². The molecule has 4 rings (SSSR count). The standard InChI is InChI=1S/C23H30F2N2O3/c1-26(22(28)16-4-5-16)20(13-17-6-7-18(24)14-19(17)25)15-8-10-27(11-9-15)23(29)21-3-2-12-30-21/h6-7,14-16,20-21H,2-5,8-13H2,1H3. The van der Waals surface area contributed by atoms with Crippen molar-refractivity contribution in [2.24, 2.45) is 11.8 Å². The Hall–Kier alpha value is -2.02. The first kappa shape index (κ1) is 21.2. The highest BCUT2D eigenvalue weighted by atomic mass is 19.1. The smallest absolute Gasteiger partial charge is 0.251 e. The van der Waals surface area contributed by atoms with Gasteiger partial charge < -0.3 is 14.5 Å². The third-order valence-electron chi connectivity index (χ3n) is 6.82. The molecule has 0 N–H and O–H groups in total. The van der Waals surface area contributed by atoms with Crippen molar-refractivity contribution in [3.63, 3.8) is 0 Å². The first-order chi connectivity index (χ1) is 14.4. The lowest BCUT2D eigenvalue weighted by atomic mass is 9.84. The number of carbonyl (C=O) groups is 2. The lowest BCUT2D eigenvalue weighted by Gasteiger charge is -2.40. The number of nitrogens with zero attached hydrogens (tertiary/aromatic N) is 2. The Morgan fingerprint density at radius 1 is 1.17 bits per heavy atom. The van der Waals surface area contributed by atoms with Gasteiger partial charge in [0.2, 0.25) is 5.91 Å². The largest absolute Gasteiger partial charge is 0.368 e. The minimum Gasteiger partial charge on any atom is -0.368 e. The first-order valence-corrected chi connectivity index (χ1v) is 11.0. The van der Waals surface area contributed by atoms with Crippen LogP contribution >= 0.6 is 0 Å². The van der Waals surface area contributed by atoms with Crippen molar-refractivity contribution >= 4 is 11.8 Å². The van der Waals surface area contributed by atoms with Crippen LogP contribution in [0.2, 0.25) is 0 Å². The van der Waals surface area contributed by atoms with E-state index in [1.807, 2.05) is 4.90 Å². The number of piperidine rings is 1. The number of ether oxygens (including phenoxy) is 1. The third-order valence-corrected chi connectivity index (χ3v) is 6.82. The number of rotatable bonds is 6. The number of carbonyl (C=O) groups excluding carboxylic acids is 2. The maximum Gasteiger partial charge on any atom is 0.251 e. The van der Waals surface area contributed by atoms with E-state index >= 15 is 0 Å². The fourth-order valence-electron chi connectivity index (χ4n) is 4.79. The first-order valence-electron chi connectivity index (χ1n) is 11.0. The predicted octanol–water partition coefficient (Wildman–Crippen LogP) is 3.16. The lowest BCUT2D eigenvalue weighted by Crippen LogP contribution is -2.50. The number of hydrogen-bond acceptors (Lipinski definition) is 3. The molecule has 164 valence electrons. The van der Waals surface area contributed by atoms with Crippen LogP contribution in [0.5, 0.6) is 0 Å². The van der Waals surface area contributed by atoms with Crippen LogP contribution in [0.4, 0.5) is 8.78 Å². The molecule has 1 aromatic carbocycles. The third kappa shape index (κ3) is 4.66. The molecule has 1 aliphatic carbocycles. The molecule has 2 amide bonds. The minimum atomic E-state index is -0.601. The molecule has 0 aromatic heterocycles. The molecule has 2 atom stereocenters. The molecular formula is C23H30F2N2O3. The zero-order valence-electron chi connectivity index (χ0n) is 17.5. The normalized spacial score (nSPS) is 23.4. The molecule has 2 unspecified atom stereocenters. The lowest BCUT2D eigenvalue weighted by molar-refractivity contribution is -0.143. The van der Waals surface area contributed by atoms with Crippen LogP contribution in [-0.4, -0.2) is 60.5 Å². The molecule has 7 heteroatoms. The van der Waals surface area contributed by atoms with Crippen molar-refractivity contribution in [3.05, 3.63) is 35.4 Å². The summed E-state index contributed by atoms with van der Waals surface area (Å²) in [6, 6.07) is 3.47. The highest BCUT2D eigenvalue weighted by Crippen LogP contribution is 2.34. The fourth-order valence-corrected chi connectivity index (χ4v) is 4.79. The van der Waals surface area contributed by atoms with Gasteiger partial charge in [0.1, 0.15) is 17.7 Å². The summed E-state index contributed by atoms with van der Waals surface area (Å²) in [6.07, 6.45) is 5.08. The molecule has 1 aromatic rings. The van der Waals surface area contributed by atoms with Crippen molar-refractivity contribution in [2.45, 2.75) is 57.1 Å². The van der Waals surface area contributed by atoms with E-state index in [-0.39, 0.29) is 35.8 Å². The maximum absolute atomic E-state index is 14.3. The molecule has 3 aliphatic rings. The Morgan fingerprint density at radius 2 is 1.90 bits per heavy atom. The Balaban J connectivity index is 1.45. The summed E-state index contributed by atoms with van der Waals surface area (Å²) in [5, 5.41) is 0. The Bertz CT molecular complexity index is 785. The van der Waals surface area contributed by atoms with Gasteiger partial charge in [0.25, 0.3) is 5.91 Å². The van der Waals surface area contributed by atoms with Crippen molar-refractivity contribution < 1.29 is 23.1 Å². The van der Waals surface area contributed by atoms with E-state index in [0.717, 1.165) is 44.6 Å². The number of benzene rings is 1. The number of likely N-dealkylation sites (N-methyl/N-ethyl adjacent to an activating group) is 1. The molecule has 5 nitrogen and oxygen atoms in total. The fraction of sp³-hybridized carbons (Fsp3) is 0.652. The monoisotopic (exact) mass is 420 g/mol. The SMILES string of the molecule is CN(C(=O)C1CC1)C(Cc1ccc(F)cc1F)C1CCN(C(=O)C2CCCO2)CC1. The number of halogens is 2. The summed E-state index contributed by atoms with van der Waals surface area (Å²) in [5.41, 5.74) is 0.426. The zero-order valence-corrected chi connectivity index (χ0v) is 17.5. The summed E-state index contributed by atoms with van der Waals surface area (Å²) in [7, 11) is 1.80. The number of amides is 2. The quantitative estimate of drug-likeness (QED) is 0.710. The number of likely N-dealkylation sites (tertiary alicyclic amines) is 1. The summed E-state index contributed by atoms with van der Waals surface area (Å²) in [6.45, 7) is 1.89. The van der Waals surface area contributed by atoms with Gasteiger partial charge >= 0.3 is 0 Å². The van der Waals surface area contributed by atoms with Gasteiger partial charge in [0, 0.05) is 44.8 Å². The Kier molecular flexibility index (Phi) is 6.37. The summed E-state index contributed by atoms with van der Waals surface area (Å²) in [4.78, 5) is 29.0. The van der Waals surface area contributed by atoms with Gasteiger partial charge in [-0.2, -0.15) is 0 Å². The molecule has 3 fully saturated rings. The summed E-state index contributed by atoms with van der Waals surface area (Å²) in [5.74, 6) is -0.753. The number of hydrogen-bond donors (Lipinski definition) is 0. The van der Waals surface area contributed by atoms with E-state index in [0.29, 0.717) is 31.7 Å². The molecular weight excluding hydrogens is 390 g/mol. The second-order valence-corrected chi connectivity index (χ2v) is 8.89. The van der Waals surface area contributed by atoms with Crippen molar-refractivity contribution in [1.29, 1.82) is 0 Å². The Labute approximate surface area is 176 Å². The summed E-state index contributed by atoms with van der Waals surface area (Å²) < 4.78 is 33.2. The zero-order chi connectivity index (χ0) is 21.3. The van der Waals surface area contributed by atoms with E-state index < -0.39 is 11.6 Å². The minimum absolute atomic E-state index is 0.0643. The van der Waals surface area contributed by atoms with Crippen LogP contribution in [0.1, 0.15) is 44.1 Å². The van der Waals surface area contributed by atoms with Gasteiger partial charge in [-0.1, -0.05) is 6.07 Å². The molecule has 0 spiro atoms. The van der Waals surface area contributed by atoms with Crippen molar-refractivity contribution in [2.75, 3.05) is 26.7 Å². The van der Waals surface area contributed by atoms with Gasteiger partial charge in [-0.15, -0.1) is 0 Å². The van der Waals surface area contributed by atoms with Gasteiger partial charge in [0.05, 0.1) is 0 Å². The van der Waals surface area contributed by atoms with E-state index in [1.54, 1.807) is 11.9 Å². The molecule has 2 saturated heterocycles. The molecule has 2 heterocycles. The average Bonchev–Trinajstić information content (AvgIpc) is 3.45. The predicted molar refractivity (Wildman–Crippen MR) is 108 cm³/mol. The maximum atomic E-state index is 14.3. The van der Waals surface area contributed by atoms with Gasteiger partial charge in [-0.25, -0.2) is 8.78 Å². The second kappa shape index (κ2) is 9.00. The second-order valence-electron chi connectivity index (χ2n) is 8.89. The highest BCUT2D eigenvalue weighted by Gasteiger charge is 2.39. The van der Waals surface area contributed by atoms with Gasteiger partial charge in [0.15, 0.2) is 0 Å². The van der Waals surface area contributed by atoms with Gasteiger partial charge in [-0.3, -0.25) is 9.59 Å². The van der Waals surface area contributed by atoms with E-state index in [2.05, 4.69) is 0 Å². The molecule has 0 radical (unpaired) electrons. The van der Waals surface area contributed by atoms with Crippen molar-refractivity contribution in [3.8, 4) is 0 Å². The molecule has 2 aliphatic heterocycles. The van der Waals surface area contributed by atoms with Crippen molar-refractivity contribution in [1.82, 2.24) is 9.80 Å². The molecule has 1 saturated carbocycles. The van der Waals surface area contributed by atoms with E-state index in [4.69, 9.17) is 4.74 Å².